The zero-order chi connectivity index (χ0) is 20.2. The van der Waals surface area contributed by atoms with Crippen molar-refractivity contribution in [3.8, 4) is 0 Å². The third-order valence-corrected chi connectivity index (χ3v) is 6.87. The van der Waals surface area contributed by atoms with Gasteiger partial charge in [0, 0.05) is 6.04 Å². The molecule has 1 aromatic carbocycles. The van der Waals surface area contributed by atoms with Crippen molar-refractivity contribution in [3.63, 3.8) is 0 Å². The highest BCUT2D eigenvalue weighted by Gasteiger charge is 2.28. The first-order valence-electron chi connectivity index (χ1n) is 8.85. The fourth-order valence-electron chi connectivity index (χ4n) is 3.19. The smallest absolute Gasteiger partial charge is 0.340 e. The Hall–Kier alpha value is -1.64. The fraction of sp³-hybridized carbons (Fsp3) is 0.556. The molecule has 0 spiro atoms. The van der Waals surface area contributed by atoms with Crippen LogP contribution in [-0.4, -0.2) is 40.0 Å². The molecule has 1 amide bonds. The van der Waals surface area contributed by atoms with Crippen molar-refractivity contribution in [3.05, 3.63) is 28.8 Å². The first-order chi connectivity index (χ1) is 12.7. The molecule has 1 fully saturated rings. The minimum atomic E-state index is -3.73. The molecule has 150 valence electrons. The molecular weight excluding hydrogens is 392 g/mol. The van der Waals surface area contributed by atoms with E-state index in [9.17, 15) is 18.0 Å². The molecule has 2 rings (SSSR count). The van der Waals surface area contributed by atoms with Crippen LogP contribution in [0.2, 0.25) is 5.02 Å². The van der Waals surface area contributed by atoms with E-state index in [-0.39, 0.29) is 27.4 Å². The largest absolute Gasteiger partial charge is 0.452 e. The average molecular weight is 417 g/mol. The molecule has 1 aromatic rings. The maximum Gasteiger partial charge on any atom is 0.340 e. The van der Waals surface area contributed by atoms with Crippen molar-refractivity contribution in [1.29, 1.82) is 0 Å². The van der Waals surface area contributed by atoms with Crippen molar-refractivity contribution >= 4 is 33.5 Å². The van der Waals surface area contributed by atoms with E-state index in [4.69, 9.17) is 16.3 Å². The van der Waals surface area contributed by atoms with E-state index in [1.807, 2.05) is 0 Å². The van der Waals surface area contributed by atoms with Gasteiger partial charge in [-0.2, -0.15) is 0 Å². The fourth-order valence-corrected chi connectivity index (χ4v) is 4.14. The predicted molar refractivity (Wildman–Crippen MR) is 102 cm³/mol. The Bertz CT molecular complexity index is 812. The van der Waals surface area contributed by atoms with Gasteiger partial charge in [0.1, 0.15) is 0 Å². The zero-order valence-corrected chi connectivity index (χ0v) is 17.2. The van der Waals surface area contributed by atoms with Gasteiger partial charge in [0.25, 0.3) is 5.91 Å². The van der Waals surface area contributed by atoms with E-state index < -0.39 is 22.6 Å². The molecule has 0 bridgehead atoms. The van der Waals surface area contributed by atoms with Crippen LogP contribution in [0.3, 0.4) is 0 Å². The summed E-state index contributed by atoms with van der Waals surface area (Å²) in [4.78, 5) is 24.3. The van der Waals surface area contributed by atoms with Gasteiger partial charge in [-0.15, -0.1) is 0 Å². The van der Waals surface area contributed by atoms with Crippen LogP contribution in [-0.2, 0) is 19.6 Å². The predicted octanol–water partition coefficient (Wildman–Crippen LogP) is 2.35. The van der Waals surface area contributed by atoms with Crippen LogP contribution in [0.15, 0.2) is 23.1 Å². The first kappa shape index (κ1) is 21.7. The number of carbonyl (C=O) groups excluding carboxylic acids is 2. The Morgan fingerprint density at radius 2 is 1.96 bits per heavy atom. The lowest BCUT2D eigenvalue weighted by atomic mass is 9.78. The lowest BCUT2D eigenvalue weighted by Gasteiger charge is -2.34. The second-order valence-corrected chi connectivity index (χ2v) is 9.16. The Morgan fingerprint density at radius 3 is 2.63 bits per heavy atom. The monoisotopic (exact) mass is 416 g/mol. The molecule has 0 saturated heterocycles. The Labute approximate surface area is 164 Å². The minimum absolute atomic E-state index is 0.0465. The van der Waals surface area contributed by atoms with Gasteiger partial charge < -0.3 is 10.1 Å². The summed E-state index contributed by atoms with van der Waals surface area (Å²) in [5.74, 6) is -0.351. The van der Waals surface area contributed by atoms with Crippen molar-refractivity contribution < 1.29 is 22.7 Å². The maximum atomic E-state index is 12.2. The number of esters is 1. The number of hydrogen-bond donors (Lipinski definition) is 2. The van der Waals surface area contributed by atoms with Gasteiger partial charge in [-0.3, -0.25) is 4.79 Å². The molecule has 0 heterocycles. The molecule has 0 radical (unpaired) electrons. The average Bonchev–Trinajstić information content (AvgIpc) is 2.63. The van der Waals surface area contributed by atoms with Crippen LogP contribution in [0.4, 0.5) is 0 Å². The molecule has 9 heteroatoms. The summed E-state index contributed by atoms with van der Waals surface area (Å²) < 4.78 is 30.9. The lowest BCUT2D eigenvalue weighted by molar-refractivity contribution is -0.125. The quantitative estimate of drug-likeness (QED) is 0.693. The Balaban J connectivity index is 1.99. The molecule has 3 atom stereocenters. The highest BCUT2D eigenvalue weighted by atomic mass is 35.5. The highest BCUT2D eigenvalue weighted by Crippen LogP contribution is 2.29. The van der Waals surface area contributed by atoms with Gasteiger partial charge in [0.15, 0.2) is 6.61 Å². The minimum Gasteiger partial charge on any atom is -0.452 e. The number of benzene rings is 1. The molecule has 0 aromatic heterocycles. The van der Waals surface area contributed by atoms with Crippen molar-refractivity contribution in [2.24, 2.45) is 11.8 Å². The second kappa shape index (κ2) is 9.03. The zero-order valence-electron chi connectivity index (χ0n) is 15.6. The SMILES string of the molecule is CNS(=O)(=O)c1ccc(Cl)c(C(=O)OCC(=O)N[C@@H]2CCC[C@H](C)[C@H]2C)c1. The number of hydrogen-bond acceptors (Lipinski definition) is 5. The molecule has 2 N–H and O–H groups in total. The molecule has 0 aliphatic heterocycles. The van der Waals surface area contributed by atoms with E-state index in [2.05, 4.69) is 23.9 Å². The van der Waals surface area contributed by atoms with Gasteiger partial charge in [0.2, 0.25) is 10.0 Å². The first-order valence-corrected chi connectivity index (χ1v) is 10.7. The number of carbonyl (C=O) groups is 2. The van der Waals surface area contributed by atoms with Gasteiger partial charge >= 0.3 is 5.97 Å². The summed E-state index contributed by atoms with van der Waals surface area (Å²) in [6, 6.07) is 3.77. The van der Waals surface area contributed by atoms with Crippen LogP contribution < -0.4 is 10.0 Å². The molecule has 27 heavy (non-hydrogen) atoms. The van der Waals surface area contributed by atoms with E-state index in [1.54, 1.807) is 0 Å². The Kier molecular flexibility index (Phi) is 7.25. The van der Waals surface area contributed by atoms with Crippen LogP contribution in [0.1, 0.15) is 43.5 Å². The highest BCUT2D eigenvalue weighted by molar-refractivity contribution is 7.89. The topological polar surface area (TPSA) is 102 Å². The normalized spacial score (nSPS) is 22.9. The van der Waals surface area contributed by atoms with Gasteiger partial charge in [-0.1, -0.05) is 38.3 Å². The van der Waals surface area contributed by atoms with Gasteiger partial charge in [0.05, 0.1) is 15.5 Å². The summed E-state index contributed by atoms with van der Waals surface area (Å²) in [7, 11) is -2.47. The number of amides is 1. The maximum absolute atomic E-state index is 12.2. The number of sulfonamides is 1. The molecule has 1 saturated carbocycles. The Morgan fingerprint density at radius 1 is 1.26 bits per heavy atom. The third kappa shape index (κ3) is 5.43. The van der Waals surface area contributed by atoms with E-state index >= 15 is 0 Å². The molecule has 0 unspecified atom stereocenters. The molecule has 1 aliphatic carbocycles. The number of halogens is 1. The summed E-state index contributed by atoms with van der Waals surface area (Å²) in [6.45, 7) is 3.82. The van der Waals surface area contributed by atoms with Crippen LogP contribution in [0.25, 0.3) is 0 Å². The number of rotatable bonds is 6. The molecule has 1 aliphatic rings. The van der Waals surface area contributed by atoms with E-state index in [0.29, 0.717) is 11.8 Å². The van der Waals surface area contributed by atoms with E-state index in [1.165, 1.54) is 19.2 Å². The molecule has 7 nitrogen and oxygen atoms in total. The summed E-state index contributed by atoms with van der Waals surface area (Å²) in [5.41, 5.74) is -0.111. The second-order valence-electron chi connectivity index (χ2n) is 6.87. The summed E-state index contributed by atoms with van der Waals surface area (Å²) >= 11 is 5.97. The molecular formula is C18H25ClN2O5S. The third-order valence-electron chi connectivity index (χ3n) is 5.12. The standard InChI is InChI=1S/C18H25ClN2O5S/c1-11-5-4-6-16(12(11)2)21-17(22)10-26-18(23)14-9-13(7-8-15(14)19)27(24,25)20-3/h7-9,11-12,16,20H,4-6,10H2,1-3H3,(H,21,22)/t11-,12+,16+/m0/s1. The van der Waals surface area contributed by atoms with Crippen molar-refractivity contribution in [1.82, 2.24) is 10.0 Å². The summed E-state index contributed by atoms with van der Waals surface area (Å²) in [6.07, 6.45) is 3.10. The van der Waals surface area contributed by atoms with Crippen LogP contribution in [0, 0.1) is 11.8 Å². The lowest BCUT2D eigenvalue weighted by Crippen LogP contribution is -2.45. The number of ether oxygens (including phenoxy) is 1. The van der Waals surface area contributed by atoms with Crippen molar-refractivity contribution in [2.45, 2.75) is 44.0 Å². The van der Waals surface area contributed by atoms with Crippen LogP contribution >= 0.6 is 11.6 Å². The van der Waals surface area contributed by atoms with Crippen LogP contribution in [0.5, 0.6) is 0 Å². The van der Waals surface area contributed by atoms with Gasteiger partial charge in [-0.25, -0.2) is 17.9 Å². The van der Waals surface area contributed by atoms with Crippen molar-refractivity contribution in [2.75, 3.05) is 13.7 Å². The van der Waals surface area contributed by atoms with E-state index in [0.717, 1.165) is 25.3 Å². The summed E-state index contributed by atoms with van der Waals surface area (Å²) in [5, 5.41) is 2.96. The van der Waals surface area contributed by atoms with Gasteiger partial charge in [-0.05, 0) is 43.5 Å². The number of nitrogens with one attached hydrogen (secondary N) is 2.